The Bertz CT molecular complexity index is 349. The van der Waals surface area contributed by atoms with Gasteiger partial charge < -0.3 is 9.84 Å². The first-order chi connectivity index (χ1) is 10.1. The van der Waals surface area contributed by atoms with Crippen molar-refractivity contribution < 1.29 is 19.4 Å². The number of unbranched alkanes of at least 4 members (excludes halogenated alkanes) is 5. The van der Waals surface area contributed by atoms with Crippen molar-refractivity contribution in [2.45, 2.75) is 83.3 Å². The van der Waals surface area contributed by atoms with Gasteiger partial charge in [0.05, 0.1) is 6.10 Å². The molecule has 4 nitrogen and oxygen atoms in total. The van der Waals surface area contributed by atoms with Gasteiger partial charge in [0.2, 0.25) is 0 Å². The fourth-order valence-corrected chi connectivity index (χ4v) is 2.57. The first-order valence-electron chi connectivity index (χ1n) is 8.18. The van der Waals surface area contributed by atoms with E-state index >= 15 is 0 Å². The first-order valence-corrected chi connectivity index (χ1v) is 8.18. The van der Waals surface area contributed by atoms with Crippen LogP contribution in [-0.2, 0) is 14.3 Å². The normalized spacial score (nSPS) is 19.3. The number of carbonyl (C=O) groups is 2. The predicted molar refractivity (Wildman–Crippen MR) is 81.9 cm³/mol. The number of Topliss-reactive ketones (excluding diaryl/α,β-unsaturated/α-hetero) is 1. The van der Waals surface area contributed by atoms with Gasteiger partial charge in [0, 0.05) is 31.8 Å². The highest BCUT2D eigenvalue weighted by molar-refractivity contribution is 5.82. The van der Waals surface area contributed by atoms with Gasteiger partial charge in [-0.1, -0.05) is 45.1 Å². The molecule has 120 valence electrons. The van der Waals surface area contributed by atoms with E-state index in [-0.39, 0.29) is 24.3 Å². The van der Waals surface area contributed by atoms with Crippen LogP contribution in [0.2, 0.25) is 0 Å². The summed E-state index contributed by atoms with van der Waals surface area (Å²) in [6.45, 7) is 2.18. The Morgan fingerprint density at radius 1 is 1.33 bits per heavy atom. The standard InChI is InChI=1S/C17H28O4/c1-2-3-4-5-6-7-9-14(18)12-15(19)13-16-10-8-11-17(20)21-16/h8,11,15-16,19H,2-7,9-10,12-13H2,1H3/t15-,16+/m1/s1. The molecule has 0 radical (unpaired) electrons. The van der Waals surface area contributed by atoms with Gasteiger partial charge in [0.1, 0.15) is 11.9 Å². The predicted octanol–water partition coefficient (Wildman–Crippen LogP) is 3.32. The molecule has 0 fully saturated rings. The van der Waals surface area contributed by atoms with E-state index in [1.165, 1.54) is 31.8 Å². The number of esters is 1. The Morgan fingerprint density at radius 2 is 2.05 bits per heavy atom. The molecule has 0 aromatic carbocycles. The highest BCUT2D eigenvalue weighted by Gasteiger charge is 2.21. The van der Waals surface area contributed by atoms with Gasteiger partial charge in [0.15, 0.2) is 0 Å². The summed E-state index contributed by atoms with van der Waals surface area (Å²) in [7, 11) is 0. The van der Waals surface area contributed by atoms with Crippen LogP contribution < -0.4 is 0 Å². The average molecular weight is 296 g/mol. The molecule has 1 heterocycles. The van der Waals surface area contributed by atoms with Crippen molar-refractivity contribution in [2.24, 2.45) is 0 Å². The van der Waals surface area contributed by atoms with E-state index in [1.54, 1.807) is 6.08 Å². The number of cyclic esters (lactones) is 1. The highest BCUT2D eigenvalue weighted by atomic mass is 16.5. The molecule has 2 atom stereocenters. The molecule has 0 unspecified atom stereocenters. The number of hydrogen-bond acceptors (Lipinski definition) is 4. The van der Waals surface area contributed by atoms with E-state index in [1.807, 2.05) is 0 Å². The van der Waals surface area contributed by atoms with Crippen molar-refractivity contribution in [3.05, 3.63) is 12.2 Å². The molecule has 0 saturated carbocycles. The maximum Gasteiger partial charge on any atom is 0.330 e. The van der Waals surface area contributed by atoms with Crippen LogP contribution in [0.15, 0.2) is 12.2 Å². The van der Waals surface area contributed by atoms with E-state index in [4.69, 9.17) is 4.74 Å². The second kappa shape index (κ2) is 10.6. The molecular weight excluding hydrogens is 268 g/mol. The van der Waals surface area contributed by atoms with Crippen LogP contribution in [-0.4, -0.2) is 29.1 Å². The van der Waals surface area contributed by atoms with Gasteiger partial charge in [-0.25, -0.2) is 4.79 Å². The van der Waals surface area contributed by atoms with E-state index in [0.717, 1.165) is 12.8 Å². The van der Waals surface area contributed by atoms with Crippen molar-refractivity contribution >= 4 is 11.8 Å². The topological polar surface area (TPSA) is 63.6 Å². The Balaban J connectivity index is 2.07. The second-order valence-corrected chi connectivity index (χ2v) is 5.85. The summed E-state index contributed by atoms with van der Waals surface area (Å²) >= 11 is 0. The Kier molecular flexibility index (Phi) is 8.99. The lowest BCUT2D eigenvalue weighted by Gasteiger charge is -2.21. The first kappa shape index (κ1) is 17.9. The molecule has 21 heavy (non-hydrogen) atoms. The molecule has 1 rings (SSSR count). The Hall–Kier alpha value is -1.16. The van der Waals surface area contributed by atoms with Gasteiger partial charge in [-0.2, -0.15) is 0 Å². The van der Waals surface area contributed by atoms with Crippen LogP contribution in [0.5, 0.6) is 0 Å². The van der Waals surface area contributed by atoms with Crippen LogP contribution in [0.1, 0.15) is 71.1 Å². The number of carbonyl (C=O) groups excluding carboxylic acids is 2. The summed E-state index contributed by atoms with van der Waals surface area (Å²) in [6.07, 6.45) is 10.8. The number of ketones is 1. The fourth-order valence-electron chi connectivity index (χ4n) is 2.57. The summed E-state index contributed by atoms with van der Waals surface area (Å²) in [5.41, 5.74) is 0. The van der Waals surface area contributed by atoms with Crippen molar-refractivity contribution in [3.8, 4) is 0 Å². The van der Waals surface area contributed by atoms with Crippen LogP contribution >= 0.6 is 0 Å². The minimum absolute atomic E-state index is 0.107. The second-order valence-electron chi connectivity index (χ2n) is 5.85. The molecule has 4 heteroatoms. The van der Waals surface area contributed by atoms with Gasteiger partial charge in [-0.15, -0.1) is 0 Å². The molecule has 1 aliphatic rings. The lowest BCUT2D eigenvalue weighted by Crippen LogP contribution is -2.26. The zero-order chi connectivity index (χ0) is 15.5. The minimum atomic E-state index is -0.707. The monoisotopic (exact) mass is 296 g/mol. The van der Waals surface area contributed by atoms with Crippen LogP contribution in [0.4, 0.5) is 0 Å². The lowest BCUT2D eigenvalue weighted by atomic mass is 10.00. The van der Waals surface area contributed by atoms with E-state index in [2.05, 4.69) is 6.92 Å². The molecule has 0 aromatic heterocycles. The third-order valence-electron chi connectivity index (χ3n) is 3.74. The number of hydrogen-bond donors (Lipinski definition) is 1. The number of ether oxygens (including phenoxy) is 1. The van der Waals surface area contributed by atoms with Gasteiger partial charge in [0.25, 0.3) is 0 Å². The quantitative estimate of drug-likeness (QED) is 0.469. The SMILES string of the molecule is CCCCCCCCC(=O)C[C@@H](O)C[C@@H]1CC=CC(=O)O1. The smallest absolute Gasteiger partial charge is 0.330 e. The molecule has 1 N–H and O–H groups in total. The van der Waals surface area contributed by atoms with Crippen molar-refractivity contribution in [1.82, 2.24) is 0 Å². The van der Waals surface area contributed by atoms with Crippen molar-refractivity contribution in [1.29, 1.82) is 0 Å². The minimum Gasteiger partial charge on any atom is -0.459 e. The van der Waals surface area contributed by atoms with Crippen LogP contribution in [0, 0.1) is 0 Å². The largest absolute Gasteiger partial charge is 0.459 e. The number of aliphatic hydroxyl groups is 1. The molecule has 0 bridgehead atoms. The van der Waals surface area contributed by atoms with Gasteiger partial charge in [-0.05, 0) is 6.42 Å². The number of rotatable bonds is 11. The summed E-state index contributed by atoms with van der Waals surface area (Å²) < 4.78 is 5.08. The van der Waals surface area contributed by atoms with Crippen molar-refractivity contribution in [2.75, 3.05) is 0 Å². The zero-order valence-electron chi connectivity index (χ0n) is 13.1. The molecule has 0 saturated heterocycles. The zero-order valence-corrected chi connectivity index (χ0v) is 13.1. The number of aliphatic hydroxyl groups excluding tert-OH is 1. The molecule has 0 aromatic rings. The summed E-state index contributed by atoms with van der Waals surface area (Å²) in [5, 5.41) is 9.89. The van der Waals surface area contributed by atoms with E-state index in [9.17, 15) is 14.7 Å². The van der Waals surface area contributed by atoms with Crippen LogP contribution in [0.3, 0.4) is 0 Å². The summed E-state index contributed by atoms with van der Waals surface area (Å²) in [5.74, 6) is -0.257. The van der Waals surface area contributed by atoms with Crippen LogP contribution in [0.25, 0.3) is 0 Å². The molecule has 0 spiro atoms. The third kappa shape index (κ3) is 8.66. The third-order valence-corrected chi connectivity index (χ3v) is 3.74. The van der Waals surface area contributed by atoms with E-state index in [0.29, 0.717) is 19.3 Å². The van der Waals surface area contributed by atoms with Gasteiger partial charge >= 0.3 is 5.97 Å². The Morgan fingerprint density at radius 3 is 2.76 bits per heavy atom. The Labute approximate surface area is 127 Å². The maximum absolute atomic E-state index is 11.8. The highest BCUT2D eigenvalue weighted by Crippen LogP contribution is 2.16. The lowest BCUT2D eigenvalue weighted by molar-refractivity contribution is -0.145. The van der Waals surface area contributed by atoms with Gasteiger partial charge in [-0.3, -0.25) is 4.79 Å². The molecular formula is C17H28O4. The molecule has 0 aliphatic carbocycles. The fraction of sp³-hybridized carbons (Fsp3) is 0.765. The molecule has 1 aliphatic heterocycles. The van der Waals surface area contributed by atoms with E-state index < -0.39 is 6.10 Å². The average Bonchev–Trinajstić information content (AvgIpc) is 2.42. The molecule has 0 amide bonds. The summed E-state index contributed by atoms with van der Waals surface area (Å²) in [4.78, 5) is 22.8. The summed E-state index contributed by atoms with van der Waals surface area (Å²) in [6, 6.07) is 0. The maximum atomic E-state index is 11.8. The van der Waals surface area contributed by atoms with Crippen molar-refractivity contribution in [3.63, 3.8) is 0 Å².